The third-order valence-electron chi connectivity index (χ3n) is 6.17. The van der Waals surface area contributed by atoms with Gasteiger partial charge in [0.05, 0.1) is 18.7 Å². The monoisotopic (exact) mass is 500 g/mol. The maximum absolute atomic E-state index is 12.6. The average Bonchev–Trinajstić information content (AvgIpc) is 3.45. The van der Waals surface area contributed by atoms with Crippen molar-refractivity contribution >= 4 is 29.1 Å². The van der Waals surface area contributed by atoms with Crippen LogP contribution in [0.25, 0.3) is 0 Å². The number of anilines is 2. The molecule has 1 heterocycles. The van der Waals surface area contributed by atoms with Crippen LogP contribution in [-0.2, 0) is 9.53 Å². The molecule has 3 aromatic carbocycles. The van der Waals surface area contributed by atoms with E-state index in [2.05, 4.69) is 21.3 Å². The smallest absolute Gasteiger partial charge is 0.251 e. The highest BCUT2D eigenvalue weighted by molar-refractivity contribution is 5.97. The van der Waals surface area contributed by atoms with Gasteiger partial charge >= 0.3 is 0 Å². The molecule has 1 aliphatic heterocycles. The summed E-state index contributed by atoms with van der Waals surface area (Å²) in [6.45, 7) is 3.20. The van der Waals surface area contributed by atoms with Crippen molar-refractivity contribution in [2.75, 3.05) is 30.3 Å². The van der Waals surface area contributed by atoms with E-state index in [9.17, 15) is 14.4 Å². The van der Waals surface area contributed by atoms with Crippen molar-refractivity contribution in [1.29, 1.82) is 0 Å². The number of ether oxygens (including phenoxy) is 1. The second-order valence-corrected chi connectivity index (χ2v) is 9.01. The molecule has 0 saturated carbocycles. The molecule has 3 aromatic rings. The first-order chi connectivity index (χ1) is 18.0. The van der Waals surface area contributed by atoms with Crippen molar-refractivity contribution in [1.82, 2.24) is 10.6 Å². The number of hydrogen-bond acceptors (Lipinski definition) is 5. The van der Waals surface area contributed by atoms with Crippen molar-refractivity contribution in [3.05, 3.63) is 95.6 Å². The van der Waals surface area contributed by atoms with Crippen molar-refractivity contribution in [3.8, 4) is 0 Å². The van der Waals surface area contributed by atoms with Gasteiger partial charge in [0.2, 0.25) is 5.91 Å². The summed E-state index contributed by atoms with van der Waals surface area (Å²) in [5, 5.41) is 11.7. The van der Waals surface area contributed by atoms with Crippen LogP contribution < -0.4 is 21.3 Å². The molecule has 37 heavy (non-hydrogen) atoms. The first-order valence-electron chi connectivity index (χ1n) is 12.5. The Kier molecular flexibility index (Phi) is 8.89. The lowest BCUT2D eigenvalue weighted by Gasteiger charge is -2.14. The normalized spacial score (nSPS) is 15.4. The van der Waals surface area contributed by atoms with E-state index >= 15 is 0 Å². The highest BCUT2D eigenvalue weighted by Gasteiger charge is 2.17. The van der Waals surface area contributed by atoms with Gasteiger partial charge in [-0.05, 0) is 67.8 Å². The predicted molar refractivity (Wildman–Crippen MR) is 144 cm³/mol. The lowest BCUT2D eigenvalue weighted by molar-refractivity contribution is -0.114. The number of hydrogen-bond donors (Lipinski definition) is 4. The molecule has 0 aliphatic carbocycles. The summed E-state index contributed by atoms with van der Waals surface area (Å²) in [4.78, 5) is 37.4. The van der Waals surface area contributed by atoms with Gasteiger partial charge in [-0.1, -0.05) is 36.4 Å². The van der Waals surface area contributed by atoms with Gasteiger partial charge in [0, 0.05) is 35.7 Å². The molecule has 8 heteroatoms. The molecule has 1 fully saturated rings. The summed E-state index contributed by atoms with van der Waals surface area (Å²) in [7, 11) is 0. The van der Waals surface area contributed by atoms with Crippen LogP contribution in [0.3, 0.4) is 0 Å². The number of rotatable bonds is 10. The van der Waals surface area contributed by atoms with Crippen molar-refractivity contribution < 1.29 is 19.1 Å². The molecular weight excluding hydrogens is 468 g/mol. The second-order valence-electron chi connectivity index (χ2n) is 9.01. The quantitative estimate of drug-likeness (QED) is 0.335. The molecule has 4 N–H and O–H groups in total. The van der Waals surface area contributed by atoms with E-state index in [0.717, 1.165) is 25.0 Å². The summed E-state index contributed by atoms with van der Waals surface area (Å²) < 4.78 is 5.54. The lowest BCUT2D eigenvalue weighted by Crippen LogP contribution is -2.31. The molecule has 4 rings (SSSR count). The highest BCUT2D eigenvalue weighted by atomic mass is 16.5. The first kappa shape index (κ1) is 25.9. The van der Waals surface area contributed by atoms with E-state index < -0.39 is 0 Å². The highest BCUT2D eigenvalue weighted by Crippen LogP contribution is 2.15. The number of carbonyl (C=O) groups excluding carboxylic acids is 3. The zero-order valence-corrected chi connectivity index (χ0v) is 20.8. The standard InChI is InChI=1S/C29H32N4O4/c1-20(21-7-3-2-4-8-21)32-29(36)22-12-14-24(15-13-22)33-27(34)19-30-25-10-5-9-23(17-25)28(35)31-18-26-11-6-16-37-26/h2-5,7-10,12-15,17,20,26,30H,6,11,16,18-19H2,1H3,(H,31,35)(H,32,36)(H,33,34). The molecule has 3 amide bonds. The van der Waals surface area contributed by atoms with Gasteiger partial charge in [0.15, 0.2) is 0 Å². The Morgan fingerprint density at radius 2 is 1.68 bits per heavy atom. The molecule has 0 aromatic heterocycles. The predicted octanol–water partition coefficient (Wildman–Crippen LogP) is 4.14. The molecule has 2 unspecified atom stereocenters. The Morgan fingerprint density at radius 3 is 2.41 bits per heavy atom. The molecule has 1 aliphatic rings. The maximum atomic E-state index is 12.6. The summed E-state index contributed by atoms with van der Waals surface area (Å²) in [6.07, 6.45) is 2.06. The van der Waals surface area contributed by atoms with Crippen LogP contribution >= 0.6 is 0 Å². The van der Waals surface area contributed by atoms with Gasteiger partial charge in [0.25, 0.3) is 11.8 Å². The Morgan fingerprint density at radius 1 is 0.892 bits per heavy atom. The second kappa shape index (κ2) is 12.7. The lowest BCUT2D eigenvalue weighted by atomic mass is 10.1. The minimum absolute atomic E-state index is 0.0256. The fourth-order valence-corrected chi connectivity index (χ4v) is 4.08. The van der Waals surface area contributed by atoms with E-state index in [1.54, 1.807) is 48.5 Å². The topological polar surface area (TPSA) is 109 Å². The molecule has 8 nitrogen and oxygen atoms in total. The summed E-state index contributed by atoms with van der Waals surface area (Å²) in [6, 6.07) is 23.4. The Labute approximate surface area is 216 Å². The minimum atomic E-state index is -0.247. The fraction of sp³-hybridized carbons (Fsp3) is 0.276. The van der Waals surface area contributed by atoms with Crippen LogP contribution in [0, 0.1) is 0 Å². The van der Waals surface area contributed by atoms with Crippen LogP contribution in [0.15, 0.2) is 78.9 Å². The number of amides is 3. The van der Waals surface area contributed by atoms with Gasteiger partial charge in [-0.15, -0.1) is 0 Å². The van der Waals surface area contributed by atoms with Gasteiger partial charge in [-0.25, -0.2) is 0 Å². The third kappa shape index (κ3) is 7.65. The molecular formula is C29H32N4O4. The Hall–Kier alpha value is -4.17. The number of nitrogens with one attached hydrogen (secondary N) is 4. The van der Waals surface area contributed by atoms with Crippen LogP contribution in [-0.4, -0.2) is 43.5 Å². The zero-order valence-electron chi connectivity index (χ0n) is 20.8. The summed E-state index contributed by atoms with van der Waals surface area (Å²) >= 11 is 0. The Balaban J connectivity index is 1.23. The van der Waals surface area contributed by atoms with Crippen molar-refractivity contribution in [2.45, 2.75) is 31.9 Å². The van der Waals surface area contributed by atoms with Crippen LogP contribution in [0.1, 0.15) is 52.1 Å². The van der Waals surface area contributed by atoms with Crippen LogP contribution in [0.2, 0.25) is 0 Å². The molecule has 2 atom stereocenters. The Bertz CT molecular complexity index is 1210. The number of benzene rings is 3. The summed E-state index contributed by atoms with van der Waals surface area (Å²) in [5.41, 5.74) is 3.30. The SMILES string of the molecule is CC(NC(=O)c1ccc(NC(=O)CNc2cccc(C(=O)NCC3CCCO3)c2)cc1)c1ccccc1. The van der Waals surface area contributed by atoms with Gasteiger partial charge < -0.3 is 26.0 Å². The molecule has 1 saturated heterocycles. The first-order valence-corrected chi connectivity index (χ1v) is 12.5. The molecule has 0 radical (unpaired) electrons. The van der Waals surface area contributed by atoms with E-state index in [1.165, 1.54) is 0 Å². The van der Waals surface area contributed by atoms with Crippen LogP contribution in [0.5, 0.6) is 0 Å². The van der Waals surface area contributed by atoms with Crippen LogP contribution in [0.4, 0.5) is 11.4 Å². The zero-order chi connectivity index (χ0) is 26.0. The largest absolute Gasteiger partial charge is 0.376 e. The van der Waals surface area contributed by atoms with Crippen molar-refractivity contribution in [2.24, 2.45) is 0 Å². The van der Waals surface area contributed by atoms with E-state index in [-0.39, 0.29) is 36.4 Å². The maximum Gasteiger partial charge on any atom is 0.251 e. The van der Waals surface area contributed by atoms with Gasteiger partial charge in [-0.2, -0.15) is 0 Å². The average molecular weight is 501 g/mol. The molecule has 192 valence electrons. The fourth-order valence-electron chi connectivity index (χ4n) is 4.08. The van der Waals surface area contributed by atoms with Gasteiger partial charge in [0.1, 0.15) is 0 Å². The van der Waals surface area contributed by atoms with E-state index in [0.29, 0.717) is 29.0 Å². The minimum Gasteiger partial charge on any atom is -0.376 e. The van der Waals surface area contributed by atoms with E-state index in [4.69, 9.17) is 4.74 Å². The van der Waals surface area contributed by atoms with Crippen molar-refractivity contribution in [3.63, 3.8) is 0 Å². The summed E-state index contributed by atoms with van der Waals surface area (Å²) in [5.74, 6) is -0.607. The van der Waals surface area contributed by atoms with E-state index in [1.807, 2.05) is 37.3 Å². The third-order valence-corrected chi connectivity index (χ3v) is 6.17. The number of carbonyl (C=O) groups is 3. The van der Waals surface area contributed by atoms with Gasteiger partial charge in [-0.3, -0.25) is 14.4 Å². The molecule has 0 spiro atoms. The molecule has 0 bridgehead atoms.